The average Bonchev–Trinajstić information content (AvgIpc) is 3.52. The monoisotopic (exact) mass is 536 g/mol. The number of ether oxygens (including phenoxy) is 1. The first-order valence-corrected chi connectivity index (χ1v) is 13.3. The lowest BCUT2D eigenvalue weighted by Gasteiger charge is -2.25. The summed E-state index contributed by atoms with van der Waals surface area (Å²) in [6.45, 7) is 2.68. The van der Waals surface area contributed by atoms with E-state index in [1.54, 1.807) is 30.3 Å². The molecular weight excluding hydrogens is 504 g/mol. The fourth-order valence-electron chi connectivity index (χ4n) is 5.30. The number of aryl methyl sites for hydroxylation is 2. The minimum Gasteiger partial charge on any atom is -0.496 e. The van der Waals surface area contributed by atoms with Crippen molar-refractivity contribution in [3.8, 4) is 39.4 Å². The Morgan fingerprint density at radius 1 is 1.12 bits per heavy atom. The molecule has 40 heavy (non-hydrogen) atoms. The van der Waals surface area contributed by atoms with Gasteiger partial charge < -0.3 is 21.5 Å². The van der Waals surface area contributed by atoms with Crippen LogP contribution in [0.3, 0.4) is 0 Å². The molecule has 5 aromatic rings. The maximum atomic E-state index is 13.0. The number of nitrogens with zero attached hydrogens (tertiary/aromatic N) is 5. The lowest BCUT2D eigenvalue weighted by atomic mass is 9.85. The van der Waals surface area contributed by atoms with Crippen LogP contribution in [0.2, 0.25) is 0 Å². The van der Waals surface area contributed by atoms with Gasteiger partial charge in [0.2, 0.25) is 0 Å². The van der Waals surface area contributed by atoms with Gasteiger partial charge in [-0.25, -0.2) is 9.50 Å². The van der Waals surface area contributed by atoms with Gasteiger partial charge >= 0.3 is 0 Å². The lowest BCUT2D eigenvalue weighted by molar-refractivity contribution is 0.0936. The highest BCUT2D eigenvalue weighted by Crippen LogP contribution is 2.41. The van der Waals surface area contributed by atoms with E-state index in [4.69, 9.17) is 21.3 Å². The summed E-state index contributed by atoms with van der Waals surface area (Å²) in [6, 6.07) is 11.3. The van der Waals surface area contributed by atoms with Crippen molar-refractivity contribution in [2.75, 3.05) is 25.1 Å². The molecule has 3 aromatic heterocycles. The number of carbonyl (C=O) groups is 1. The first-order chi connectivity index (χ1) is 19.3. The van der Waals surface area contributed by atoms with Crippen molar-refractivity contribution < 1.29 is 9.53 Å². The van der Waals surface area contributed by atoms with Crippen LogP contribution in [0.15, 0.2) is 55.0 Å². The molecule has 204 valence electrons. The van der Waals surface area contributed by atoms with Crippen molar-refractivity contribution in [3.63, 3.8) is 0 Å². The number of benzene rings is 2. The fraction of sp³-hybridized carbons (Fsp3) is 0.267. The highest BCUT2D eigenvalue weighted by atomic mass is 16.5. The highest BCUT2D eigenvalue weighted by molar-refractivity contribution is 6.01. The van der Waals surface area contributed by atoms with Gasteiger partial charge in [0.1, 0.15) is 22.8 Å². The number of carbonyl (C=O) groups excluding carboxylic acids is 1. The van der Waals surface area contributed by atoms with Gasteiger partial charge in [0.15, 0.2) is 0 Å². The number of aromatic nitrogens is 5. The lowest BCUT2D eigenvalue weighted by Crippen LogP contribution is -2.32. The predicted molar refractivity (Wildman–Crippen MR) is 156 cm³/mol. The Morgan fingerprint density at radius 3 is 2.62 bits per heavy atom. The first-order valence-electron chi connectivity index (χ1n) is 13.3. The summed E-state index contributed by atoms with van der Waals surface area (Å²) < 4.78 is 9.25. The molecule has 10 nitrogen and oxygen atoms in total. The third-order valence-corrected chi connectivity index (χ3v) is 7.70. The molecule has 2 aromatic carbocycles. The van der Waals surface area contributed by atoms with Crippen LogP contribution in [-0.2, 0) is 7.05 Å². The molecule has 0 atom stereocenters. The van der Waals surface area contributed by atoms with Crippen LogP contribution in [0.5, 0.6) is 5.75 Å². The molecule has 1 aliphatic rings. The first kappa shape index (κ1) is 25.4. The number of nitrogen functional groups attached to an aromatic ring is 2. The van der Waals surface area contributed by atoms with Gasteiger partial charge in [-0.1, -0.05) is 18.6 Å². The zero-order valence-electron chi connectivity index (χ0n) is 22.8. The molecule has 0 saturated heterocycles. The molecule has 3 heterocycles. The van der Waals surface area contributed by atoms with Crippen LogP contribution >= 0.6 is 0 Å². The molecule has 1 amide bonds. The number of anilines is 2. The quantitative estimate of drug-likeness (QED) is 0.261. The number of hydrogen-bond acceptors (Lipinski definition) is 7. The number of methoxy groups -OCH3 is 1. The molecule has 5 N–H and O–H groups in total. The third kappa shape index (κ3) is 4.41. The SMILES string of the molecule is COc1cc(-c2c(-c3ccc(N)cc3C)nn3c(-c4cnn(C)c4)cnc(N)c23)ccc1C(=O)NCC1CCC1. The number of nitrogens with two attached hydrogens (primary N) is 2. The number of rotatable bonds is 7. The Bertz CT molecular complexity index is 1750. The molecule has 6 rings (SSSR count). The Labute approximate surface area is 232 Å². The second-order valence-electron chi connectivity index (χ2n) is 10.4. The van der Waals surface area contributed by atoms with E-state index in [9.17, 15) is 4.79 Å². The number of hydrogen-bond donors (Lipinski definition) is 3. The van der Waals surface area contributed by atoms with Crippen LogP contribution in [-0.4, -0.2) is 43.9 Å². The zero-order chi connectivity index (χ0) is 28.0. The summed E-state index contributed by atoms with van der Waals surface area (Å²) in [5, 5.41) is 12.5. The summed E-state index contributed by atoms with van der Waals surface area (Å²) >= 11 is 0. The molecule has 0 spiro atoms. The van der Waals surface area contributed by atoms with E-state index in [-0.39, 0.29) is 5.91 Å². The summed E-state index contributed by atoms with van der Waals surface area (Å²) in [7, 11) is 3.43. The van der Waals surface area contributed by atoms with E-state index in [2.05, 4.69) is 15.4 Å². The van der Waals surface area contributed by atoms with E-state index < -0.39 is 0 Å². The molecular formula is C30H32N8O2. The second-order valence-corrected chi connectivity index (χ2v) is 10.4. The third-order valence-electron chi connectivity index (χ3n) is 7.70. The molecule has 0 unspecified atom stereocenters. The van der Waals surface area contributed by atoms with E-state index in [0.29, 0.717) is 46.5 Å². The van der Waals surface area contributed by atoms with Gasteiger partial charge in [-0.3, -0.25) is 9.48 Å². The number of fused-ring (bicyclic) bond motifs is 1. The summed E-state index contributed by atoms with van der Waals surface area (Å²) in [5.41, 5.74) is 20.2. The largest absolute Gasteiger partial charge is 0.496 e. The van der Waals surface area contributed by atoms with E-state index >= 15 is 0 Å². The molecule has 0 aliphatic heterocycles. The maximum Gasteiger partial charge on any atom is 0.255 e. The van der Waals surface area contributed by atoms with Gasteiger partial charge in [-0.15, -0.1) is 0 Å². The molecule has 1 saturated carbocycles. The smallest absolute Gasteiger partial charge is 0.255 e. The van der Waals surface area contributed by atoms with Crippen molar-refractivity contribution in [2.24, 2.45) is 13.0 Å². The molecule has 10 heteroatoms. The predicted octanol–water partition coefficient (Wildman–Crippen LogP) is 4.48. The Hall–Kier alpha value is -4.86. The average molecular weight is 537 g/mol. The molecule has 1 aliphatic carbocycles. The van der Waals surface area contributed by atoms with Gasteiger partial charge in [0.25, 0.3) is 5.91 Å². The summed E-state index contributed by atoms with van der Waals surface area (Å²) in [6.07, 6.45) is 8.93. The van der Waals surface area contributed by atoms with Crippen molar-refractivity contribution >= 4 is 22.9 Å². The fourth-order valence-corrected chi connectivity index (χ4v) is 5.30. The Balaban J connectivity index is 1.55. The Morgan fingerprint density at radius 2 is 1.95 bits per heavy atom. The normalized spacial score (nSPS) is 13.4. The Kier molecular flexibility index (Phi) is 6.37. The van der Waals surface area contributed by atoms with Crippen LogP contribution in [0.4, 0.5) is 11.5 Å². The summed E-state index contributed by atoms with van der Waals surface area (Å²) in [4.78, 5) is 17.6. The topological polar surface area (TPSA) is 138 Å². The molecule has 1 fully saturated rings. The number of amides is 1. The second kappa shape index (κ2) is 10.0. The van der Waals surface area contributed by atoms with Crippen molar-refractivity contribution in [3.05, 3.63) is 66.1 Å². The van der Waals surface area contributed by atoms with Gasteiger partial charge in [0, 0.05) is 42.2 Å². The maximum absolute atomic E-state index is 13.0. The van der Waals surface area contributed by atoms with E-state index in [0.717, 1.165) is 46.4 Å². The molecule has 0 bridgehead atoms. The minimum atomic E-state index is -0.148. The zero-order valence-corrected chi connectivity index (χ0v) is 22.8. The van der Waals surface area contributed by atoms with Crippen LogP contribution in [0, 0.1) is 12.8 Å². The summed E-state index contributed by atoms with van der Waals surface area (Å²) in [5.74, 6) is 1.21. The highest BCUT2D eigenvalue weighted by Gasteiger charge is 2.25. The van der Waals surface area contributed by atoms with Gasteiger partial charge in [-0.2, -0.15) is 10.2 Å². The van der Waals surface area contributed by atoms with Crippen molar-refractivity contribution in [2.45, 2.75) is 26.2 Å². The van der Waals surface area contributed by atoms with E-state index in [1.807, 2.05) is 55.0 Å². The number of nitrogens with one attached hydrogen (secondary N) is 1. The standard InChI is InChI=1S/C30H32N8O2/c1-17-11-21(31)8-10-22(17)27-26(28-29(32)33-15-24(38(28)36-27)20-14-35-37(2)16-20)19-7-9-23(25(12-19)40-3)30(39)34-13-18-5-4-6-18/h7-12,14-16,18H,4-6,13,31H2,1-3H3,(H2,32,33)(H,34,39). The van der Waals surface area contributed by atoms with Gasteiger partial charge in [0.05, 0.1) is 30.8 Å². The van der Waals surface area contributed by atoms with Crippen LogP contribution in [0.1, 0.15) is 35.2 Å². The minimum absolute atomic E-state index is 0.148. The van der Waals surface area contributed by atoms with Crippen LogP contribution < -0.4 is 21.5 Å². The molecule has 0 radical (unpaired) electrons. The van der Waals surface area contributed by atoms with Crippen molar-refractivity contribution in [1.29, 1.82) is 0 Å². The van der Waals surface area contributed by atoms with Crippen molar-refractivity contribution in [1.82, 2.24) is 29.7 Å². The van der Waals surface area contributed by atoms with Crippen LogP contribution in [0.25, 0.3) is 39.2 Å². The van der Waals surface area contributed by atoms with E-state index in [1.165, 1.54) is 6.42 Å². The van der Waals surface area contributed by atoms with Gasteiger partial charge in [-0.05, 0) is 61.1 Å².